The minimum Gasteiger partial charge on any atom is -0.508 e. The average Bonchev–Trinajstić information content (AvgIpc) is 2.12. The van der Waals surface area contributed by atoms with Gasteiger partial charge < -0.3 is 10.0 Å². The lowest BCUT2D eigenvalue weighted by Crippen LogP contribution is -2.10. The van der Waals surface area contributed by atoms with Crippen molar-refractivity contribution in [3.63, 3.8) is 0 Å². The summed E-state index contributed by atoms with van der Waals surface area (Å²) in [6.45, 7) is -5.85. The van der Waals surface area contributed by atoms with Gasteiger partial charge in [0.1, 0.15) is 5.75 Å². The maximum absolute atomic E-state index is 9.50. The van der Waals surface area contributed by atoms with Crippen molar-refractivity contribution in [1.82, 2.24) is 4.90 Å². The lowest BCUT2D eigenvalue weighted by atomic mass is 10.2. The number of hydrogen-bond acceptors (Lipinski definition) is 2. The summed E-state index contributed by atoms with van der Waals surface area (Å²) in [4.78, 5) is 0.398. The van der Waals surface area contributed by atoms with Crippen LogP contribution in [-0.4, -0.2) is 24.0 Å². The second-order valence-electron chi connectivity index (χ2n) is 2.21. The minimum absolute atomic E-state index is 0.119. The summed E-state index contributed by atoms with van der Waals surface area (Å²) in [6, 6.07) is 6.05. The molecule has 0 heterocycles. The molecule has 0 saturated heterocycles. The van der Waals surface area contributed by atoms with Crippen LogP contribution < -0.4 is 0 Å². The van der Waals surface area contributed by atoms with Gasteiger partial charge in [0.2, 0.25) is 0 Å². The number of hydrogen-bond donors (Lipinski definition) is 1. The molecule has 0 bridgehead atoms. The molecule has 0 aromatic heterocycles. The fourth-order valence-electron chi connectivity index (χ4n) is 0.815. The second-order valence-corrected chi connectivity index (χ2v) is 2.21. The Morgan fingerprint density at radius 2 is 2.18 bits per heavy atom. The van der Waals surface area contributed by atoms with Gasteiger partial charge in [0, 0.05) is 20.3 Å². The van der Waals surface area contributed by atoms with E-state index >= 15 is 0 Å². The summed E-state index contributed by atoms with van der Waals surface area (Å²) < 4.78 is 43.1. The van der Waals surface area contributed by atoms with Crippen LogP contribution in [0.15, 0.2) is 24.3 Å². The maximum atomic E-state index is 9.50. The van der Waals surface area contributed by atoms with Gasteiger partial charge in [-0.2, -0.15) is 0 Å². The van der Waals surface area contributed by atoms with Crippen LogP contribution in [0.2, 0.25) is 0 Å². The molecular weight excluding hydrogens is 138 g/mol. The number of para-hydroxylation sites is 1. The van der Waals surface area contributed by atoms with E-state index in [1.165, 1.54) is 12.1 Å². The molecular formula is C9H13NO. The fraction of sp³-hybridized carbons (Fsp3) is 0.333. The molecule has 0 aliphatic heterocycles. The van der Waals surface area contributed by atoms with Gasteiger partial charge in [0.15, 0.2) is 0 Å². The maximum Gasteiger partial charge on any atom is 0.120 e. The molecule has 0 aliphatic rings. The summed E-state index contributed by atoms with van der Waals surface area (Å²) in [5.74, 6) is -0.119. The van der Waals surface area contributed by atoms with Gasteiger partial charge in [-0.05, 0) is 20.0 Å². The normalized spacial score (nSPS) is 20.8. The number of phenols is 1. The van der Waals surface area contributed by atoms with Gasteiger partial charge in [-0.3, -0.25) is 0 Å². The Balaban J connectivity index is 3.00. The zero-order chi connectivity index (χ0) is 13.3. The van der Waals surface area contributed by atoms with E-state index in [0.717, 1.165) is 0 Å². The molecule has 1 aromatic rings. The van der Waals surface area contributed by atoms with E-state index in [9.17, 15) is 5.11 Å². The Labute approximate surface area is 75.5 Å². The molecule has 1 rings (SSSR count). The van der Waals surface area contributed by atoms with E-state index in [1.54, 1.807) is 12.1 Å². The van der Waals surface area contributed by atoms with Gasteiger partial charge in [-0.1, -0.05) is 18.2 Å². The first kappa shape index (κ1) is 3.15. The highest BCUT2D eigenvalue weighted by Gasteiger charge is 1.98. The van der Waals surface area contributed by atoms with Crippen molar-refractivity contribution >= 4 is 0 Å². The summed E-state index contributed by atoms with van der Waals surface area (Å²) >= 11 is 0. The molecule has 1 aromatic carbocycles. The smallest absolute Gasteiger partial charge is 0.120 e. The molecule has 0 unspecified atom stereocenters. The van der Waals surface area contributed by atoms with E-state index in [-0.39, 0.29) is 17.9 Å². The van der Waals surface area contributed by atoms with Crippen LogP contribution in [0.25, 0.3) is 0 Å². The quantitative estimate of drug-likeness (QED) is 0.702. The Kier molecular flexibility index (Phi) is 0.972. The second kappa shape index (κ2) is 3.39. The summed E-state index contributed by atoms with van der Waals surface area (Å²) in [6.07, 6.45) is 0. The van der Waals surface area contributed by atoms with E-state index in [0.29, 0.717) is 4.90 Å². The molecule has 2 heteroatoms. The highest BCUT2D eigenvalue weighted by molar-refractivity contribution is 5.31. The Hall–Kier alpha value is -1.02. The van der Waals surface area contributed by atoms with E-state index in [4.69, 9.17) is 8.22 Å². The first-order valence-electron chi connectivity index (χ1n) is 6.17. The summed E-state index contributed by atoms with van der Waals surface area (Å²) in [5, 5.41) is 9.50. The van der Waals surface area contributed by atoms with Crippen molar-refractivity contribution in [1.29, 1.82) is 0 Å². The first-order valence-corrected chi connectivity index (χ1v) is 3.17. The average molecular weight is 157 g/mol. The molecule has 0 atom stereocenters. The van der Waals surface area contributed by atoms with Crippen LogP contribution in [0.5, 0.6) is 5.75 Å². The molecule has 0 aliphatic carbocycles. The van der Waals surface area contributed by atoms with Crippen LogP contribution in [0.1, 0.15) is 13.8 Å². The zero-order valence-corrected chi connectivity index (χ0v) is 5.91. The topological polar surface area (TPSA) is 23.5 Å². The Morgan fingerprint density at radius 1 is 1.45 bits per heavy atom. The van der Waals surface area contributed by atoms with Gasteiger partial charge >= 0.3 is 0 Å². The van der Waals surface area contributed by atoms with Crippen molar-refractivity contribution in [3.8, 4) is 5.75 Å². The predicted octanol–water partition coefficient (Wildman–Crippen LogP) is 1.45. The highest BCUT2D eigenvalue weighted by atomic mass is 16.3. The molecule has 0 radical (unpaired) electrons. The molecule has 2 nitrogen and oxygen atoms in total. The summed E-state index contributed by atoms with van der Waals surface area (Å²) in [7, 11) is 0. The van der Waals surface area contributed by atoms with Gasteiger partial charge in [0.05, 0.1) is 0 Å². The molecule has 0 saturated carbocycles. The van der Waals surface area contributed by atoms with E-state index in [1.807, 2.05) is 0 Å². The van der Waals surface area contributed by atoms with Gasteiger partial charge in [0.25, 0.3) is 0 Å². The van der Waals surface area contributed by atoms with Crippen LogP contribution in [0.4, 0.5) is 0 Å². The van der Waals surface area contributed by atoms with Crippen LogP contribution >= 0.6 is 0 Å². The standard InChI is InChI=1S/C9H13NO/c1-10(2)7-8-5-3-4-6-9(8)11/h3-6,11H,7H2,1-2H3/i1D3,2D3. The SMILES string of the molecule is [2H]C([2H])([2H])N(Cc1ccccc1O)C([2H])([2H])[2H]. The van der Waals surface area contributed by atoms with Crippen molar-refractivity contribution in [3.05, 3.63) is 29.8 Å². The third-order valence-electron chi connectivity index (χ3n) is 1.32. The molecule has 1 N–H and O–H groups in total. The van der Waals surface area contributed by atoms with Crippen LogP contribution in [0, 0.1) is 0 Å². The van der Waals surface area contributed by atoms with Crippen molar-refractivity contribution in [2.24, 2.45) is 0 Å². The molecule has 60 valence electrons. The molecule has 0 amide bonds. The van der Waals surface area contributed by atoms with Gasteiger partial charge in [-0.25, -0.2) is 0 Å². The zero-order valence-electron chi connectivity index (χ0n) is 11.9. The Morgan fingerprint density at radius 3 is 2.82 bits per heavy atom. The van der Waals surface area contributed by atoms with Crippen LogP contribution in [0.3, 0.4) is 0 Å². The van der Waals surface area contributed by atoms with Crippen LogP contribution in [-0.2, 0) is 6.54 Å². The van der Waals surface area contributed by atoms with Crippen molar-refractivity contribution in [2.45, 2.75) is 6.54 Å². The lowest BCUT2D eigenvalue weighted by molar-refractivity contribution is 0.386. The third-order valence-corrected chi connectivity index (χ3v) is 1.32. The van der Waals surface area contributed by atoms with E-state index < -0.39 is 14.0 Å². The highest BCUT2D eigenvalue weighted by Crippen LogP contribution is 2.16. The molecule has 11 heavy (non-hydrogen) atoms. The molecule has 0 fully saturated rings. The Bertz CT molecular complexity index is 372. The number of aromatic hydroxyl groups is 1. The summed E-state index contributed by atoms with van der Waals surface area (Å²) in [5.41, 5.74) is 0.264. The van der Waals surface area contributed by atoms with Crippen molar-refractivity contribution < 1.29 is 13.3 Å². The molecule has 0 spiro atoms. The third kappa shape index (κ3) is 2.24. The monoisotopic (exact) mass is 157 g/mol. The van der Waals surface area contributed by atoms with Crippen molar-refractivity contribution in [2.75, 3.05) is 14.0 Å². The van der Waals surface area contributed by atoms with Gasteiger partial charge in [-0.15, -0.1) is 0 Å². The number of benzene rings is 1. The number of rotatable bonds is 2. The fourth-order valence-corrected chi connectivity index (χ4v) is 0.815. The number of phenolic OH excluding ortho intramolecular Hbond substituents is 1. The number of nitrogens with zero attached hydrogens (tertiary/aromatic N) is 1. The first-order chi connectivity index (χ1) is 7.62. The minimum atomic E-state index is -2.74. The lowest BCUT2D eigenvalue weighted by Gasteiger charge is -2.10. The van der Waals surface area contributed by atoms with E-state index in [2.05, 4.69) is 0 Å². The predicted molar refractivity (Wildman–Crippen MR) is 45.5 cm³/mol. The largest absolute Gasteiger partial charge is 0.508 e.